The minimum absolute atomic E-state index is 0.0111. The molecule has 7 heteroatoms. The summed E-state index contributed by atoms with van der Waals surface area (Å²) in [7, 11) is 0. The number of hydrogen-bond acceptors (Lipinski definition) is 5. The SMILES string of the molecule is O=C1NC(=O)/C(=C/c2ccc3c(c2)N(CC2=CCCC=C2)C(=O)CO3)S1. The van der Waals surface area contributed by atoms with Gasteiger partial charge in [0.25, 0.3) is 17.1 Å². The van der Waals surface area contributed by atoms with E-state index in [-0.39, 0.29) is 17.8 Å². The standard InChI is InChI=1S/C19H16N2O4S/c22-17-11-25-15-7-6-13(9-16-18(23)20-19(24)26-16)8-14(15)21(17)10-12-4-2-1-3-5-12/h2,4-9H,1,3,10-11H2,(H,20,23,24)/b16-9-. The lowest BCUT2D eigenvalue weighted by Crippen LogP contribution is -2.40. The maximum absolute atomic E-state index is 12.4. The zero-order valence-electron chi connectivity index (χ0n) is 13.9. The largest absolute Gasteiger partial charge is 0.482 e. The summed E-state index contributed by atoms with van der Waals surface area (Å²) < 4.78 is 5.53. The zero-order valence-corrected chi connectivity index (χ0v) is 14.7. The Labute approximate surface area is 154 Å². The number of thioether (sulfide) groups is 1. The van der Waals surface area contributed by atoms with Crippen molar-refractivity contribution >= 4 is 40.6 Å². The number of nitrogens with one attached hydrogen (secondary N) is 1. The van der Waals surface area contributed by atoms with E-state index in [0.29, 0.717) is 22.9 Å². The molecule has 132 valence electrons. The second-order valence-corrected chi connectivity index (χ2v) is 7.12. The van der Waals surface area contributed by atoms with Gasteiger partial charge in [-0.2, -0.15) is 0 Å². The minimum atomic E-state index is -0.403. The molecule has 3 amide bonds. The summed E-state index contributed by atoms with van der Waals surface area (Å²) in [4.78, 5) is 37.5. The van der Waals surface area contributed by atoms with Crippen molar-refractivity contribution < 1.29 is 19.1 Å². The molecule has 1 aliphatic carbocycles. The minimum Gasteiger partial charge on any atom is -0.482 e. The molecular weight excluding hydrogens is 352 g/mol. The van der Waals surface area contributed by atoms with Gasteiger partial charge in [-0.25, -0.2) is 0 Å². The van der Waals surface area contributed by atoms with E-state index < -0.39 is 5.91 Å². The van der Waals surface area contributed by atoms with Crippen LogP contribution in [-0.2, 0) is 9.59 Å². The number of anilines is 1. The molecule has 1 aromatic rings. The van der Waals surface area contributed by atoms with E-state index >= 15 is 0 Å². The van der Waals surface area contributed by atoms with Crippen molar-refractivity contribution in [3.8, 4) is 5.75 Å². The first kappa shape index (κ1) is 16.7. The predicted molar refractivity (Wildman–Crippen MR) is 99.9 cm³/mol. The van der Waals surface area contributed by atoms with E-state index in [0.717, 1.165) is 35.7 Å². The highest BCUT2D eigenvalue weighted by Crippen LogP contribution is 2.35. The number of fused-ring (bicyclic) bond motifs is 1. The number of imide groups is 1. The molecule has 1 saturated heterocycles. The lowest BCUT2D eigenvalue weighted by atomic mass is 10.1. The number of allylic oxidation sites excluding steroid dienone is 2. The van der Waals surface area contributed by atoms with Crippen LogP contribution in [0.4, 0.5) is 10.5 Å². The molecule has 1 N–H and O–H groups in total. The fraction of sp³-hybridized carbons (Fsp3) is 0.211. The van der Waals surface area contributed by atoms with Crippen LogP contribution in [0.2, 0.25) is 0 Å². The molecule has 0 atom stereocenters. The molecule has 0 unspecified atom stereocenters. The number of ether oxygens (including phenoxy) is 1. The molecule has 0 bridgehead atoms. The number of carbonyl (C=O) groups excluding carboxylic acids is 3. The molecule has 1 aromatic carbocycles. The highest BCUT2D eigenvalue weighted by molar-refractivity contribution is 8.18. The van der Waals surface area contributed by atoms with Crippen molar-refractivity contribution in [1.29, 1.82) is 0 Å². The van der Waals surface area contributed by atoms with Gasteiger partial charge >= 0.3 is 0 Å². The Bertz CT molecular complexity index is 901. The molecule has 4 rings (SSSR count). The average Bonchev–Trinajstić information content (AvgIpc) is 2.95. The van der Waals surface area contributed by atoms with Crippen molar-refractivity contribution in [3.05, 3.63) is 52.5 Å². The maximum Gasteiger partial charge on any atom is 0.290 e. The summed E-state index contributed by atoms with van der Waals surface area (Å²) >= 11 is 0.867. The van der Waals surface area contributed by atoms with E-state index in [2.05, 4.69) is 17.5 Å². The summed E-state index contributed by atoms with van der Waals surface area (Å²) in [6.07, 6.45) is 9.93. The van der Waals surface area contributed by atoms with Crippen molar-refractivity contribution in [3.63, 3.8) is 0 Å². The second-order valence-electron chi connectivity index (χ2n) is 6.11. The number of rotatable bonds is 3. The Kier molecular flexibility index (Phi) is 4.38. The van der Waals surface area contributed by atoms with E-state index in [1.165, 1.54) is 0 Å². The van der Waals surface area contributed by atoms with Gasteiger partial charge in [0.15, 0.2) is 6.61 Å². The molecule has 3 aliphatic rings. The van der Waals surface area contributed by atoms with Crippen molar-refractivity contribution in [2.75, 3.05) is 18.1 Å². The quantitative estimate of drug-likeness (QED) is 0.830. The normalized spacial score (nSPS) is 20.8. The first-order valence-electron chi connectivity index (χ1n) is 8.28. The van der Waals surface area contributed by atoms with Gasteiger partial charge in [0.2, 0.25) is 0 Å². The molecule has 0 aromatic heterocycles. The predicted octanol–water partition coefficient (Wildman–Crippen LogP) is 3.01. The first-order valence-corrected chi connectivity index (χ1v) is 9.09. The maximum atomic E-state index is 12.4. The molecule has 1 fully saturated rings. The zero-order chi connectivity index (χ0) is 18.1. The summed E-state index contributed by atoms with van der Waals surface area (Å²) in [5.74, 6) is 0.122. The monoisotopic (exact) mass is 368 g/mol. The third-order valence-electron chi connectivity index (χ3n) is 4.28. The fourth-order valence-electron chi connectivity index (χ4n) is 3.02. The van der Waals surface area contributed by atoms with Crippen LogP contribution >= 0.6 is 11.8 Å². The van der Waals surface area contributed by atoms with Gasteiger partial charge in [-0.3, -0.25) is 19.7 Å². The number of amides is 3. The Morgan fingerprint density at radius 2 is 2.12 bits per heavy atom. The number of benzene rings is 1. The van der Waals surface area contributed by atoms with Gasteiger partial charge in [0.1, 0.15) is 5.75 Å². The fourth-order valence-corrected chi connectivity index (χ4v) is 3.70. The van der Waals surface area contributed by atoms with Crippen LogP contribution in [0, 0.1) is 0 Å². The van der Waals surface area contributed by atoms with Crippen LogP contribution < -0.4 is 15.0 Å². The summed E-state index contributed by atoms with van der Waals surface area (Å²) in [5.41, 5.74) is 2.50. The average molecular weight is 368 g/mol. The highest BCUT2D eigenvalue weighted by atomic mass is 32.2. The molecule has 0 radical (unpaired) electrons. The molecule has 26 heavy (non-hydrogen) atoms. The van der Waals surface area contributed by atoms with Crippen LogP contribution in [0.3, 0.4) is 0 Å². The lowest BCUT2D eigenvalue weighted by molar-refractivity contribution is -0.121. The lowest BCUT2D eigenvalue weighted by Gasteiger charge is -2.30. The van der Waals surface area contributed by atoms with E-state index in [9.17, 15) is 14.4 Å². The van der Waals surface area contributed by atoms with Gasteiger partial charge in [0.05, 0.1) is 17.1 Å². The molecule has 2 aliphatic heterocycles. The Morgan fingerprint density at radius 3 is 2.85 bits per heavy atom. The third kappa shape index (κ3) is 3.30. The van der Waals surface area contributed by atoms with E-state index in [1.807, 2.05) is 12.1 Å². The Balaban J connectivity index is 1.66. The number of hydrogen-bond donors (Lipinski definition) is 1. The van der Waals surface area contributed by atoms with Crippen molar-refractivity contribution in [2.45, 2.75) is 12.8 Å². The molecule has 0 saturated carbocycles. The molecule has 0 spiro atoms. The Hall–Kier alpha value is -2.80. The summed E-state index contributed by atoms with van der Waals surface area (Å²) in [5, 5.41) is 1.85. The van der Waals surface area contributed by atoms with Gasteiger partial charge in [0, 0.05) is 0 Å². The van der Waals surface area contributed by atoms with Crippen LogP contribution in [-0.4, -0.2) is 30.2 Å². The smallest absolute Gasteiger partial charge is 0.290 e. The third-order valence-corrected chi connectivity index (χ3v) is 5.09. The van der Waals surface area contributed by atoms with Crippen molar-refractivity contribution in [2.24, 2.45) is 0 Å². The molecule has 6 nitrogen and oxygen atoms in total. The van der Waals surface area contributed by atoms with E-state index in [4.69, 9.17) is 4.74 Å². The van der Waals surface area contributed by atoms with Crippen LogP contribution in [0.5, 0.6) is 5.75 Å². The number of carbonyl (C=O) groups is 3. The van der Waals surface area contributed by atoms with E-state index in [1.54, 1.807) is 23.1 Å². The number of nitrogens with zero attached hydrogens (tertiary/aromatic N) is 1. The first-order chi connectivity index (χ1) is 12.6. The van der Waals surface area contributed by atoms with Crippen molar-refractivity contribution in [1.82, 2.24) is 5.32 Å². The van der Waals surface area contributed by atoms with Gasteiger partial charge < -0.3 is 9.64 Å². The van der Waals surface area contributed by atoms with Gasteiger partial charge in [-0.05, 0) is 53.9 Å². The topological polar surface area (TPSA) is 75.7 Å². The van der Waals surface area contributed by atoms with Gasteiger partial charge in [-0.1, -0.05) is 24.3 Å². The second kappa shape index (κ2) is 6.84. The summed E-state index contributed by atoms with van der Waals surface area (Å²) in [6.45, 7) is 0.497. The molecular formula is C19H16N2O4S. The summed E-state index contributed by atoms with van der Waals surface area (Å²) in [6, 6.07) is 5.39. The van der Waals surface area contributed by atoms with Crippen LogP contribution in [0.15, 0.2) is 46.9 Å². The Morgan fingerprint density at radius 1 is 1.23 bits per heavy atom. The molecule has 2 heterocycles. The van der Waals surface area contributed by atoms with Crippen LogP contribution in [0.1, 0.15) is 18.4 Å². The van der Waals surface area contributed by atoms with Crippen LogP contribution in [0.25, 0.3) is 6.08 Å². The highest BCUT2D eigenvalue weighted by Gasteiger charge is 2.28. The van der Waals surface area contributed by atoms with Gasteiger partial charge in [-0.15, -0.1) is 0 Å².